The highest BCUT2D eigenvalue weighted by Gasteiger charge is 2.70. The lowest BCUT2D eigenvalue weighted by atomic mass is 9.36. The van der Waals surface area contributed by atoms with Gasteiger partial charge in [0.15, 0.2) is 6.10 Å². The molecule has 0 spiro atoms. The Kier molecular flexibility index (Phi) is 6.51. The lowest BCUT2D eigenvalue weighted by Gasteiger charge is -2.69. The summed E-state index contributed by atoms with van der Waals surface area (Å²) in [5.74, 6) is -0.482. The van der Waals surface area contributed by atoms with Gasteiger partial charge in [0.25, 0.3) is 0 Å². The van der Waals surface area contributed by atoms with Crippen LogP contribution in [-0.2, 0) is 4.79 Å². The minimum Gasteiger partial charge on any atom is -0.479 e. The summed E-state index contributed by atoms with van der Waals surface area (Å²) in [6, 6.07) is 0. The number of aliphatic hydroxyl groups excluding tert-OH is 4. The number of hydrogen-bond acceptors (Lipinski definition) is 5. The van der Waals surface area contributed by atoms with Crippen molar-refractivity contribution in [1.82, 2.24) is 0 Å². The second-order valence-electron chi connectivity index (χ2n) is 12.9. The van der Waals surface area contributed by atoms with Crippen LogP contribution in [0.2, 0.25) is 0 Å². The number of rotatable bonds is 5. The first-order chi connectivity index (χ1) is 15.3. The number of carbonyl (C=O) groups is 1. The highest BCUT2D eigenvalue weighted by Crippen LogP contribution is 2.72. The molecule has 4 saturated carbocycles. The predicted octanol–water partition coefficient (Wildman–Crippen LogP) is 3.45. The molecular weight excluding hydrogens is 420 g/mol. The van der Waals surface area contributed by atoms with Crippen molar-refractivity contribution < 1.29 is 30.3 Å². The van der Waals surface area contributed by atoms with Crippen LogP contribution in [0, 0.1) is 51.8 Å². The zero-order chi connectivity index (χ0) is 24.5. The molecule has 5 N–H and O–H groups in total. The molecule has 0 aromatic carbocycles. The van der Waals surface area contributed by atoms with Crippen LogP contribution in [0.3, 0.4) is 0 Å². The van der Waals surface area contributed by atoms with E-state index in [0.717, 1.165) is 32.1 Å². The average molecular weight is 467 g/mol. The number of fused-ring (bicyclic) bond motifs is 5. The molecule has 190 valence electrons. The molecular formula is C27H46O6. The highest BCUT2D eigenvalue weighted by atomic mass is 16.4. The van der Waals surface area contributed by atoms with Crippen LogP contribution >= 0.6 is 0 Å². The summed E-state index contributed by atoms with van der Waals surface area (Å²) < 4.78 is 0. The summed E-state index contributed by atoms with van der Waals surface area (Å²) in [4.78, 5) is 11.2. The van der Waals surface area contributed by atoms with Crippen molar-refractivity contribution in [3.8, 4) is 0 Å². The molecule has 0 aromatic rings. The molecule has 6 heteroatoms. The van der Waals surface area contributed by atoms with E-state index in [2.05, 4.69) is 27.7 Å². The number of carboxylic acids is 1. The van der Waals surface area contributed by atoms with Crippen LogP contribution in [-0.4, -0.2) is 55.9 Å². The molecule has 0 aromatic heterocycles. The van der Waals surface area contributed by atoms with Crippen LogP contribution in [0.5, 0.6) is 0 Å². The topological polar surface area (TPSA) is 118 Å². The molecule has 4 fully saturated rings. The normalized spacial score (nSPS) is 53.5. The highest BCUT2D eigenvalue weighted by molar-refractivity contribution is 5.71. The lowest BCUT2D eigenvalue weighted by Crippen LogP contribution is -2.68. The van der Waals surface area contributed by atoms with Gasteiger partial charge in [-0.05, 0) is 96.7 Å². The zero-order valence-electron chi connectivity index (χ0n) is 21.1. The smallest absolute Gasteiger partial charge is 0.332 e. The van der Waals surface area contributed by atoms with Crippen LogP contribution in [0.15, 0.2) is 0 Å². The largest absolute Gasteiger partial charge is 0.479 e. The van der Waals surface area contributed by atoms with Crippen molar-refractivity contribution in [3.05, 3.63) is 0 Å². The van der Waals surface area contributed by atoms with Gasteiger partial charge < -0.3 is 25.5 Å². The Morgan fingerprint density at radius 2 is 1.70 bits per heavy atom. The molecule has 33 heavy (non-hydrogen) atoms. The fourth-order valence-corrected chi connectivity index (χ4v) is 10.1. The average Bonchev–Trinajstić information content (AvgIpc) is 3.09. The van der Waals surface area contributed by atoms with Crippen LogP contribution in [0.1, 0.15) is 86.0 Å². The van der Waals surface area contributed by atoms with Gasteiger partial charge in [-0.25, -0.2) is 4.79 Å². The number of aliphatic hydroxyl groups is 4. The molecule has 0 saturated heterocycles. The van der Waals surface area contributed by atoms with E-state index in [0.29, 0.717) is 12.8 Å². The standard InChI is InChI=1S/C27H46O6/c1-6-16-23(31)22-18-8-7-17(14(2)11-20(29)24(32)33)27(18,5)21(30)12-19(22)25(3)10-9-15(28)13-26(16,25)4/h14-23,28-31H,6-13H2,1-5H3,(H,32,33)/t14-,15-,16+,17-,18?,19?,20-,21+,22?,23-,25-,26+,27-/m1/s1. The fourth-order valence-electron chi connectivity index (χ4n) is 10.1. The number of hydrogen-bond donors (Lipinski definition) is 5. The molecule has 4 rings (SSSR count). The van der Waals surface area contributed by atoms with Gasteiger partial charge in [0.05, 0.1) is 18.3 Å². The minimum atomic E-state index is -1.38. The van der Waals surface area contributed by atoms with Crippen molar-refractivity contribution in [3.63, 3.8) is 0 Å². The van der Waals surface area contributed by atoms with E-state index in [4.69, 9.17) is 0 Å². The Morgan fingerprint density at radius 3 is 2.30 bits per heavy atom. The second kappa shape index (κ2) is 8.46. The van der Waals surface area contributed by atoms with E-state index in [9.17, 15) is 30.3 Å². The third kappa shape index (κ3) is 3.45. The molecule has 4 aliphatic rings. The van der Waals surface area contributed by atoms with Gasteiger partial charge in [0.2, 0.25) is 0 Å². The van der Waals surface area contributed by atoms with Crippen molar-refractivity contribution in [2.45, 2.75) is 110 Å². The van der Waals surface area contributed by atoms with Gasteiger partial charge in [-0.15, -0.1) is 0 Å². The monoisotopic (exact) mass is 466 g/mol. The third-order valence-corrected chi connectivity index (χ3v) is 11.9. The summed E-state index contributed by atoms with van der Waals surface area (Å²) in [6.07, 6.45) is 3.29. The van der Waals surface area contributed by atoms with Crippen LogP contribution < -0.4 is 0 Å². The van der Waals surface area contributed by atoms with E-state index in [1.807, 2.05) is 6.92 Å². The van der Waals surface area contributed by atoms with E-state index < -0.39 is 29.7 Å². The fraction of sp³-hybridized carbons (Fsp3) is 0.963. The Bertz CT molecular complexity index is 757. The van der Waals surface area contributed by atoms with Crippen LogP contribution in [0.4, 0.5) is 0 Å². The third-order valence-electron chi connectivity index (χ3n) is 11.9. The predicted molar refractivity (Wildman–Crippen MR) is 125 cm³/mol. The first kappa shape index (κ1) is 25.4. The zero-order valence-corrected chi connectivity index (χ0v) is 21.1. The van der Waals surface area contributed by atoms with Gasteiger partial charge in [-0.3, -0.25) is 0 Å². The van der Waals surface area contributed by atoms with E-state index >= 15 is 0 Å². The maximum absolute atomic E-state index is 11.9. The minimum absolute atomic E-state index is 0.0225. The first-order valence-electron chi connectivity index (χ1n) is 13.3. The number of carboxylic acid groups (broad SMARTS) is 1. The molecule has 4 aliphatic carbocycles. The molecule has 6 nitrogen and oxygen atoms in total. The van der Waals surface area contributed by atoms with Crippen molar-refractivity contribution in [2.24, 2.45) is 51.8 Å². The van der Waals surface area contributed by atoms with Gasteiger partial charge in [0.1, 0.15) is 0 Å². The Balaban J connectivity index is 1.70. The maximum atomic E-state index is 11.9. The molecule has 0 amide bonds. The summed E-state index contributed by atoms with van der Waals surface area (Å²) in [6.45, 7) is 11.0. The van der Waals surface area contributed by atoms with E-state index in [1.165, 1.54) is 0 Å². The van der Waals surface area contributed by atoms with Crippen molar-refractivity contribution in [2.75, 3.05) is 0 Å². The molecule has 0 aliphatic heterocycles. The first-order valence-corrected chi connectivity index (χ1v) is 13.3. The Morgan fingerprint density at radius 1 is 1.03 bits per heavy atom. The van der Waals surface area contributed by atoms with E-state index in [-0.39, 0.29) is 58.9 Å². The molecule has 13 atom stereocenters. The summed E-state index contributed by atoms with van der Waals surface area (Å²) in [7, 11) is 0. The van der Waals surface area contributed by atoms with Gasteiger partial charge >= 0.3 is 5.97 Å². The SMILES string of the molecule is CC[C@H]1[C@@H](O)C2C3CC[C@H]([C@H](C)C[C@@H](O)C(=O)O)[C@@]3(C)[C@@H](O)CC2[C@@]2(C)CC[C@@H](O)C[C@@]12C. The van der Waals surface area contributed by atoms with Gasteiger partial charge in [-0.1, -0.05) is 41.0 Å². The van der Waals surface area contributed by atoms with Crippen molar-refractivity contribution >= 4 is 5.97 Å². The van der Waals surface area contributed by atoms with Crippen LogP contribution in [0.25, 0.3) is 0 Å². The molecule has 0 bridgehead atoms. The number of aliphatic carboxylic acids is 1. The van der Waals surface area contributed by atoms with Gasteiger partial charge in [0, 0.05) is 0 Å². The van der Waals surface area contributed by atoms with Gasteiger partial charge in [-0.2, -0.15) is 0 Å². The summed E-state index contributed by atoms with van der Waals surface area (Å²) >= 11 is 0. The quantitative estimate of drug-likeness (QED) is 0.424. The Hall–Kier alpha value is -0.690. The summed E-state index contributed by atoms with van der Waals surface area (Å²) in [5, 5.41) is 53.3. The molecule has 3 unspecified atom stereocenters. The molecule has 0 heterocycles. The van der Waals surface area contributed by atoms with E-state index in [1.54, 1.807) is 0 Å². The van der Waals surface area contributed by atoms with Crippen molar-refractivity contribution in [1.29, 1.82) is 0 Å². The molecule has 0 radical (unpaired) electrons. The Labute approximate surface area is 198 Å². The maximum Gasteiger partial charge on any atom is 0.332 e. The second-order valence-corrected chi connectivity index (χ2v) is 12.9. The lowest BCUT2D eigenvalue weighted by molar-refractivity contribution is -0.260. The summed E-state index contributed by atoms with van der Waals surface area (Å²) in [5.41, 5.74) is -0.594.